The highest BCUT2D eigenvalue weighted by molar-refractivity contribution is 6.31. The number of phenols is 1. The third kappa shape index (κ3) is 18.9. The number of aromatic nitrogens is 2. The van der Waals surface area contributed by atoms with Crippen molar-refractivity contribution in [2.75, 3.05) is 51.0 Å². The van der Waals surface area contributed by atoms with E-state index < -0.39 is 54.5 Å². The van der Waals surface area contributed by atoms with E-state index in [2.05, 4.69) is 68.9 Å². The molecule has 28 heteroatoms. The topological polar surface area (TPSA) is 338 Å². The largest absolute Gasteiger partial charge is 0.542 e. The average Bonchev–Trinajstić information content (AvgIpc) is 1.69. The van der Waals surface area contributed by atoms with Crippen molar-refractivity contribution < 1.29 is 61.4 Å². The molecule has 0 bridgehead atoms. The Hall–Kier alpha value is -9.87. The number of amides is 7. The van der Waals surface area contributed by atoms with Crippen LogP contribution in [0, 0.1) is 31.1 Å². The number of nitrogens with one attached hydrogen (secondary N) is 5. The number of fused-ring (bicyclic) bond motifs is 1. The summed E-state index contributed by atoms with van der Waals surface area (Å²) in [5.74, 6) is -5.66. The first kappa shape index (κ1) is 72.2. The fourth-order valence-electron chi connectivity index (χ4n) is 11.1. The van der Waals surface area contributed by atoms with Crippen LogP contribution in [-0.2, 0) is 59.3 Å². The number of hydrogen-bond acceptors (Lipinski definition) is 12. The van der Waals surface area contributed by atoms with Crippen molar-refractivity contribution in [3.05, 3.63) is 163 Å². The molecule has 8 N–H and O–H groups in total. The van der Waals surface area contributed by atoms with Gasteiger partial charge in [0.25, 0.3) is 11.8 Å². The zero-order valence-corrected chi connectivity index (χ0v) is 53.9. The molecule has 494 valence electrons. The molecule has 3 heterocycles. The van der Waals surface area contributed by atoms with Crippen LogP contribution in [0.3, 0.4) is 0 Å². The van der Waals surface area contributed by atoms with Crippen molar-refractivity contribution in [1.82, 2.24) is 35.3 Å². The number of carbonyl (C=O) groups is 7. The summed E-state index contributed by atoms with van der Waals surface area (Å²) in [7, 11) is 9.78. The van der Waals surface area contributed by atoms with Crippen LogP contribution in [-0.4, -0.2) is 130 Å². The van der Waals surface area contributed by atoms with E-state index in [1.54, 1.807) is 67.9 Å². The van der Waals surface area contributed by atoms with Crippen molar-refractivity contribution >= 4 is 70.2 Å². The molecule has 0 spiro atoms. The van der Waals surface area contributed by atoms with Crippen LogP contribution < -0.4 is 42.3 Å². The van der Waals surface area contributed by atoms with Crippen molar-refractivity contribution in [3.63, 3.8) is 0 Å². The zero-order valence-electron chi connectivity index (χ0n) is 53.2. The van der Waals surface area contributed by atoms with Crippen LogP contribution in [0.5, 0.6) is 5.75 Å². The fourth-order valence-corrected chi connectivity index (χ4v) is 11.2. The summed E-state index contributed by atoms with van der Waals surface area (Å²) < 4.78 is 35.8. The fraction of sp³-hybridized carbons (Fsp3) is 0.385. The number of carboxylic acids is 1. The number of urea groups is 1. The van der Waals surface area contributed by atoms with E-state index in [0.717, 1.165) is 29.7 Å². The van der Waals surface area contributed by atoms with Gasteiger partial charge in [0.15, 0.2) is 0 Å². The number of rotatable bonds is 25. The summed E-state index contributed by atoms with van der Waals surface area (Å²) in [5, 5.41) is 46.7. The van der Waals surface area contributed by atoms with Gasteiger partial charge in [0.2, 0.25) is 17.7 Å². The van der Waals surface area contributed by atoms with Gasteiger partial charge in [-0.2, -0.15) is 18.4 Å². The number of carboxylic acid groups (broad SMARTS) is 1. The molecule has 0 saturated heterocycles. The molecule has 0 radical (unpaired) electrons. The quantitative estimate of drug-likeness (QED) is 0.00952. The molecule has 0 aliphatic carbocycles. The number of aliphatic carboxylic acids is 1. The maximum absolute atomic E-state index is 15.4. The maximum Gasteiger partial charge on any atom is 0.430 e. The van der Waals surface area contributed by atoms with E-state index in [9.17, 15) is 42.7 Å². The number of anilines is 3. The third-order valence-corrected chi connectivity index (χ3v) is 16.4. The van der Waals surface area contributed by atoms with Gasteiger partial charge in [0.1, 0.15) is 48.7 Å². The van der Waals surface area contributed by atoms with Gasteiger partial charge in [0, 0.05) is 94.9 Å². The van der Waals surface area contributed by atoms with E-state index in [4.69, 9.17) is 32.8 Å². The number of halogens is 4. The first-order valence-corrected chi connectivity index (χ1v) is 30.1. The van der Waals surface area contributed by atoms with E-state index in [0.29, 0.717) is 105 Å². The lowest BCUT2D eigenvalue weighted by atomic mass is 9.90. The van der Waals surface area contributed by atoms with E-state index in [1.165, 1.54) is 22.6 Å². The van der Waals surface area contributed by atoms with Gasteiger partial charge in [-0.15, -0.1) is 0 Å². The Morgan fingerprint density at radius 1 is 0.903 bits per heavy atom. The summed E-state index contributed by atoms with van der Waals surface area (Å²) in [6, 6.07) is 28.1. The number of nitrogens with zero attached hydrogens (tertiary/aromatic N) is 9. The van der Waals surface area contributed by atoms with Gasteiger partial charge in [-0.3, -0.25) is 28.9 Å². The second-order valence-electron chi connectivity index (χ2n) is 23.6. The van der Waals surface area contributed by atoms with Crippen LogP contribution in [0.4, 0.5) is 35.0 Å². The number of alkyl halides is 3. The smallest absolute Gasteiger partial charge is 0.430 e. The summed E-state index contributed by atoms with van der Waals surface area (Å²) >= 11 is 6.78. The Bertz CT molecular complexity index is 3840. The van der Waals surface area contributed by atoms with Gasteiger partial charge in [0.05, 0.1) is 31.9 Å². The summed E-state index contributed by atoms with van der Waals surface area (Å²) in [6.07, 6.45) is -2.63. The number of hydrogen-bond donors (Lipinski definition) is 7. The third-order valence-electron chi connectivity index (χ3n) is 16.2. The minimum absolute atomic E-state index is 0.0335. The minimum atomic E-state index is -5.19. The molecule has 1 aliphatic heterocycles. The Morgan fingerprint density at radius 3 is 2.19 bits per heavy atom. The number of phenolic OH excluding ortho intramolecular Hbond substituents is 1. The Balaban J connectivity index is 0.00000185. The number of nitrogens with two attached hydrogens (primary N) is 1. The Kier molecular flexibility index (Phi) is 24.8. The van der Waals surface area contributed by atoms with Crippen LogP contribution in [0.1, 0.15) is 99.6 Å². The van der Waals surface area contributed by atoms with Crippen molar-refractivity contribution in [2.45, 2.75) is 104 Å². The van der Waals surface area contributed by atoms with E-state index >= 15 is 9.59 Å². The molecular formula is C65H77ClF3N15O9. The molecule has 24 nitrogen and oxygen atoms in total. The molecule has 93 heavy (non-hydrogen) atoms. The lowest BCUT2D eigenvalue weighted by molar-refractivity contribution is -0.903. The molecule has 0 unspecified atom stereocenters. The van der Waals surface area contributed by atoms with E-state index in [1.807, 2.05) is 67.7 Å². The molecule has 2 aromatic heterocycles. The number of aromatic hydroxyl groups is 1. The predicted molar refractivity (Wildman–Crippen MR) is 342 cm³/mol. The molecule has 7 amide bonds. The van der Waals surface area contributed by atoms with Crippen molar-refractivity contribution in [2.24, 2.45) is 30.9 Å². The van der Waals surface area contributed by atoms with Gasteiger partial charge < -0.3 is 65.8 Å². The van der Waals surface area contributed by atoms with E-state index in [-0.39, 0.29) is 42.5 Å². The highest BCUT2D eigenvalue weighted by Crippen LogP contribution is 2.38. The molecule has 4 aromatic carbocycles. The SMILES string of the molecule is CNCc1cc(NC(=O)[C@H](CCCNC(N)=O)NC(=O)[C@@H](NC(=O)CN=[N+]=[N-])C(C)C)ccc1C[N+](C)(C)CCC[C@@H]1Cc2ccccc2CN1C(=O)c1ccc(Cl)cc1-c1cc(C(=O)N(c2ccc(O)cc2)c2cc(C#N)n(C)c2C)c(C)n1C.O=C([O-])C(F)(F)F. The lowest BCUT2D eigenvalue weighted by Gasteiger charge is -2.38. The maximum atomic E-state index is 15.4. The highest BCUT2D eigenvalue weighted by atomic mass is 35.5. The lowest BCUT2D eigenvalue weighted by Crippen LogP contribution is -2.55. The van der Waals surface area contributed by atoms with Gasteiger partial charge in [-0.05, 0) is 148 Å². The molecule has 0 saturated carbocycles. The number of benzene rings is 4. The highest BCUT2D eigenvalue weighted by Gasteiger charge is 2.35. The molecule has 3 atom stereocenters. The van der Waals surface area contributed by atoms with Crippen LogP contribution >= 0.6 is 11.6 Å². The molecule has 6 aromatic rings. The standard InChI is InChI=1S/C63H76ClN15O7.C2HF3O2/c1-38(2)58(73-57(81)35-70-74-67)60(83)72-54(17-12-26-69-63(66)86)59(82)71-46-20-18-43(44(28-46)34-68-5)37-79(8,9)27-13-16-48-29-41-14-10-11-15-42(41)36-77(48)61(84)51-25-19-45(64)30-53(51)56-32-52(39(3)76(56)7)62(85)78(47-21-23-50(80)24-22-47)55-31-49(33-65)75(6)40(55)4;3-2(4,5)1(6)7/h10-11,14-15,18-25,28,30-32,38,48,54,58,68H,12-13,16-17,26-27,29,34-37H2,1-9H3,(H6-,66,69,71,72,73,80,81,82,83,86);(H,6,7)/t48-,54+,58+;/m1./s1. The second kappa shape index (κ2) is 31.9. The monoisotopic (exact) mass is 1300 g/mol. The number of primary amides is 1. The zero-order chi connectivity index (χ0) is 68.6. The Morgan fingerprint density at radius 2 is 1.58 bits per heavy atom. The van der Waals surface area contributed by atoms with Crippen molar-refractivity contribution in [1.29, 1.82) is 5.26 Å². The number of carbonyl (C=O) groups excluding carboxylic acids is 7. The number of quaternary nitrogens is 1. The first-order chi connectivity index (χ1) is 43.9. The summed E-state index contributed by atoms with van der Waals surface area (Å²) in [4.78, 5) is 96.8. The summed E-state index contributed by atoms with van der Waals surface area (Å²) in [5.41, 5.74) is 23.3. The Labute approximate surface area is 541 Å². The predicted octanol–water partition coefficient (Wildman–Crippen LogP) is 7.82. The van der Waals surface area contributed by atoms with Crippen LogP contribution in [0.2, 0.25) is 5.02 Å². The second-order valence-corrected chi connectivity index (χ2v) is 24.0. The van der Waals surface area contributed by atoms with Gasteiger partial charge >= 0.3 is 12.2 Å². The normalized spacial score (nSPS) is 13.4. The van der Waals surface area contributed by atoms with Crippen LogP contribution in [0.25, 0.3) is 21.7 Å². The summed E-state index contributed by atoms with van der Waals surface area (Å²) in [6.45, 7) is 9.09. The first-order valence-electron chi connectivity index (χ1n) is 29.7. The molecule has 1 aliphatic rings. The minimum Gasteiger partial charge on any atom is -0.542 e. The van der Waals surface area contributed by atoms with Gasteiger partial charge in [-0.25, -0.2) is 4.79 Å². The number of nitriles is 1. The van der Waals surface area contributed by atoms with Crippen molar-refractivity contribution in [3.8, 4) is 23.1 Å². The average molecular weight is 1300 g/mol. The molecule has 7 rings (SSSR count). The van der Waals surface area contributed by atoms with Gasteiger partial charge in [-0.1, -0.05) is 60.9 Å². The number of azide groups is 1. The molecular weight excluding hydrogens is 1230 g/mol. The molecule has 0 fully saturated rings. The van der Waals surface area contributed by atoms with Crippen LogP contribution in [0.15, 0.2) is 102 Å².